The highest BCUT2D eigenvalue weighted by Gasteiger charge is 2.15. The van der Waals surface area contributed by atoms with Crippen molar-refractivity contribution in [2.24, 2.45) is 5.73 Å². The van der Waals surface area contributed by atoms with Crippen LogP contribution in [-0.2, 0) is 4.79 Å². The molecule has 2 aromatic carbocycles. The Morgan fingerprint density at radius 2 is 1.76 bits per heavy atom. The number of imidazole rings is 1. The minimum absolute atomic E-state index is 0.283. The van der Waals surface area contributed by atoms with E-state index in [-0.39, 0.29) is 11.6 Å². The zero-order valence-corrected chi connectivity index (χ0v) is 11.1. The summed E-state index contributed by atoms with van der Waals surface area (Å²) in [5, 5.41) is 2.74. The molecule has 0 aliphatic heterocycles. The molecule has 0 unspecified atom stereocenters. The fourth-order valence-electron chi connectivity index (χ4n) is 2.14. The van der Waals surface area contributed by atoms with Gasteiger partial charge >= 0.3 is 5.69 Å². The number of aromatic nitrogens is 2. The molecule has 0 saturated heterocycles. The summed E-state index contributed by atoms with van der Waals surface area (Å²) >= 11 is 0. The van der Waals surface area contributed by atoms with Crippen LogP contribution in [-0.4, -0.2) is 15.9 Å². The quantitative estimate of drug-likeness (QED) is 0.585. The molecule has 5 N–H and O–H groups in total. The van der Waals surface area contributed by atoms with Crippen LogP contribution in [0.5, 0.6) is 0 Å². The van der Waals surface area contributed by atoms with E-state index < -0.39 is 6.04 Å². The molecule has 0 radical (unpaired) electrons. The number of anilines is 1. The Kier molecular flexibility index (Phi) is 3.29. The Bertz CT molecular complexity index is 836. The third kappa shape index (κ3) is 2.70. The SMILES string of the molecule is N[C@@H](C(=O)Nc1ccc2[nH]c(=O)[nH]c2c1)c1ccccc1. The van der Waals surface area contributed by atoms with E-state index in [1.54, 1.807) is 30.3 Å². The largest absolute Gasteiger partial charge is 0.324 e. The van der Waals surface area contributed by atoms with Gasteiger partial charge in [0.05, 0.1) is 11.0 Å². The molecule has 21 heavy (non-hydrogen) atoms. The normalized spacial score (nSPS) is 12.2. The van der Waals surface area contributed by atoms with Crippen molar-refractivity contribution in [2.75, 3.05) is 5.32 Å². The Labute approximate surface area is 120 Å². The van der Waals surface area contributed by atoms with E-state index in [0.717, 1.165) is 5.56 Å². The summed E-state index contributed by atoms with van der Waals surface area (Å²) in [5.74, 6) is -0.307. The van der Waals surface area contributed by atoms with Crippen molar-refractivity contribution in [3.63, 3.8) is 0 Å². The topological polar surface area (TPSA) is 104 Å². The molecule has 106 valence electrons. The number of aromatic amines is 2. The molecule has 1 aromatic heterocycles. The second-order valence-corrected chi connectivity index (χ2v) is 4.72. The van der Waals surface area contributed by atoms with E-state index in [2.05, 4.69) is 15.3 Å². The van der Waals surface area contributed by atoms with Gasteiger partial charge in [-0.25, -0.2) is 4.79 Å². The summed E-state index contributed by atoms with van der Waals surface area (Å²) in [6, 6.07) is 13.5. The fourth-order valence-corrected chi connectivity index (χ4v) is 2.14. The minimum atomic E-state index is -0.743. The monoisotopic (exact) mass is 282 g/mol. The molecule has 0 saturated carbocycles. The number of H-pyrrole nitrogens is 2. The van der Waals surface area contributed by atoms with E-state index in [0.29, 0.717) is 16.7 Å². The first-order chi connectivity index (χ1) is 10.1. The highest BCUT2D eigenvalue weighted by atomic mass is 16.2. The molecule has 1 amide bonds. The number of amides is 1. The van der Waals surface area contributed by atoms with Crippen molar-refractivity contribution in [1.82, 2.24) is 9.97 Å². The number of carbonyl (C=O) groups is 1. The Morgan fingerprint density at radius 1 is 1.05 bits per heavy atom. The van der Waals surface area contributed by atoms with Crippen LogP contribution < -0.4 is 16.7 Å². The lowest BCUT2D eigenvalue weighted by molar-refractivity contribution is -0.117. The highest BCUT2D eigenvalue weighted by molar-refractivity contribution is 5.96. The molecular formula is C15H14N4O2. The molecular weight excluding hydrogens is 268 g/mol. The van der Waals surface area contributed by atoms with Gasteiger partial charge in [-0.3, -0.25) is 4.79 Å². The molecule has 0 aliphatic carbocycles. The average Bonchev–Trinajstić information content (AvgIpc) is 2.86. The van der Waals surface area contributed by atoms with Crippen molar-refractivity contribution in [2.45, 2.75) is 6.04 Å². The summed E-state index contributed by atoms with van der Waals surface area (Å²) in [7, 11) is 0. The van der Waals surface area contributed by atoms with Crippen LogP contribution in [0.3, 0.4) is 0 Å². The van der Waals surface area contributed by atoms with Gasteiger partial charge in [0, 0.05) is 5.69 Å². The van der Waals surface area contributed by atoms with Crippen molar-refractivity contribution in [3.05, 3.63) is 64.6 Å². The first-order valence-corrected chi connectivity index (χ1v) is 6.47. The molecule has 0 fully saturated rings. The minimum Gasteiger partial charge on any atom is -0.324 e. The Hall–Kier alpha value is -2.86. The maximum atomic E-state index is 12.1. The van der Waals surface area contributed by atoms with Gasteiger partial charge < -0.3 is 21.0 Å². The first-order valence-electron chi connectivity index (χ1n) is 6.47. The highest BCUT2D eigenvalue weighted by Crippen LogP contribution is 2.17. The third-order valence-corrected chi connectivity index (χ3v) is 3.22. The molecule has 0 aliphatic rings. The van der Waals surface area contributed by atoms with E-state index in [1.807, 2.05) is 18.2 Å². The molecule has 0 bridgehead atoms. The smallest absolute Gasteiger partial charge is 0.323 e. The second kappa shape index (κ2) is 5.26. The number of fused-ring (bicyclic) bond motifs is 1. The summed E-state index contributed by atoms with van der Waals surface area (Å²) in [4.78, 5) is 28.6. The molecule has 3 aromatic rings. The van der Waals surface area contributed by atoms with E-state index >= 15 is 0 Å². The van der Waals surface area contributed by atoms with E-state index in [9.17, 15) is 9.59 Å². The molecule has 1 atom stereocenters. The van der Waals surface area contributed by atoms with E-state index in [1.165, 1.54) is 0 Å². The number of carbonyl (C=O) groups excluding carboxylic acids is 1. The predicted octanol–water partition coefficient (Wildman–Crippen LogP) is 1.49. The maximum Gasteiger partial charge on any atom is 0.323 e. The molecule has 6 nitrogen and oxygen atoms in total. The summed E-state index contributed by atoms with van der Waals surface area (Å²) in [5.41, 5.74) is 8.28. The van der Waals surface area contributed by atoms with Gasteiger partial charge in [-0.2, -0.15) is 0 Å². The zero-order valence-electron chi connectivity index (χ0n) is 11.1. The van der Waals surface area contributed by atoms with Gasteiger partial charge in [-0.05, 0) is 23.8 Å². The number of hydrogen-bond acceptors (Lipinski definition) is 3. The van der Waals surface area contributed by atoms with Crippen molar-refractivity contribution in [3.8, 4) is 0 Å². The van der Waals surface area contributed by atoms with Crippen LogP contribution in [0.4, 0.5) is 5.69 Å². The fraction of sp³-hybridized carbons (Fsp3) is 0.0667. The number of hydrogen-bond donors (Lipinski definition) is 4. The van der Waals surface area contributed by atoms with E-state index in [4.69, 9.17) is 5.73 Å². The van der Waals surface area contributed by atoms with Crippen LogP contribution in [0, 0.1) is 0 Å². The van der Waals surface area contributed by atoms with Gasteiger partial charge in [-0.15, -0.1) is 0 Å². The number of nitrogens with two attached hydrogens (primary N) is 1. The number of rotatable bonds is 3. The van der Waals surface area contributed by atoms with Gasteiger partial charge in [-0.1, -0.05) is 30.3 Å². The standard InChI is InChI=1S/C15H14N4O2/c16-13(9-4-2-1-3-5-9)14(20)17-10-6-7-11-12(8-10)19-15(21)18-11/h1-8,13H,16H2,(H,17,20)(H2,18,19,21)/t13-/m1/s1. The third-order valence-electron chi connectivity index (χ3n) is 3.22. The number of nitrogens with one attached hydrogen (secondary N) is 3. The van der Waals surface area contributed by atoms with Crippen LogP contribution >= 0.6 is 0 Å². The lowest BCUT2D eigenvalue weighted by Crippen LogP contribution is -2.27. The van der Waals surface area contributed by atoms with Crippen molar-refractivity contribution < 1.29 is 4.79 Å². The summed E-state index contributed by atoms with van der Waals surface area (Å²) < 4.78 is 0. The molecule has 6 heteroatoms. The van der Waals surface area contributed by atoms with Crippen molar-refractivity contribution >= 4 is 22.6 Å². The summed E-state index contributed by atoms with van der Waals surface area (Å²) in [6.07, 6.45) is 0. The molecule has 1 heterocycles. The van der Waals surface area contributed by atoms with Crippen LogP contribution in [0.2, 0.25) is 0 Å². The lowest BCUT2D eigenvalue weighted by Gasteiger charge is -2.12. The average molecular weight is 282 g/mol. The lowest BCUT2D eigenvalue weighted by atomic mass is 10.1. The summed E-state index contributed by atoms with van der Waals surface area (Å²) in [6.45, 7) is 0. The zero-order chi connectivity index (χ0) is 14.8. The molecule has 0 spiro atoms. The van der Waals surface area contributed by atoms with Crippen LogP contribution in [0.15, 0.2) is 53.3 Å². The molecule has 3 rings (SSSR count). The van der Waals surface area contributed by atoms with Gasteiger partial charge in [0.2, 0.25) is 5.91 Å². The van der Waals surface area contributed by atoms with Gasteiger partial charge in [0.15, 0.2) is 0 Å². The van der Waals surface area contributed by atoms with Crippen LogP contribution in [0.25, 0.3) is 11.0 Å². The Balaban J connectivity index is 1.81. The van der Waals surface area contributed by atoms with Gasteiger partial charge in [0.1, 0.15) is 6.04 Å². The van der Waals surface area contributed by atoms with Crippen LogP contribution in [0.1, 0.15) is 11.6 Å². The Morgan fingerprint density at radius 3 is 2.52 bits per heavy atom. The number of benzene rings is 2. The predicted molar refractivity (Wildman–Crippen MR) is 80.9 cm³/mol. The van der Waals surface area contributed by atoms with Gasteiger partial charge in [0.25, 0.3) is 0 Å². The maximum absolute atomic E-state index is 12.1. The second-order valence-electron chi connectivity index (χ2n) is 4.72. The van der Waals surface area contributed by atoms with Crippen molar-refractivity contribution in [1.29, 1.82) is 0 Å². The first kappa shape index (κ1) is 13.1.